The molecule has 0 aliphatic heterocycles. The van der Waals surface area contributed by atoms with Crippen LogP contribution in [0.3, 0.4) is 0 Å². The molecule has 1 N–H and O–H groups in total. The van der Waals surface area contributed by atoms with Crippen molar-refractivity contribution in [1.29, 1.82) is 0 Å². The Balaban J connectivity index is 1.83. The molecule has 1 amide bonds. The number of amides is 1. The number of hydrogen-bond donors (Lipinski definition) is 1. The van der Waals surface area contributed by atoms with Crippen LogP contribution in [0.25, 0.3) is 10.1 Å². The average Bonchev–Trinajstić information content (AvgIpc) is 3.05. The van der Waals surface area contributed by atoms with Gasteiger partial charge in [-0.25, -0.2) is 0 Å². The Hall–Kier alpha value is -1.65. The largest absolute Gasteiger partial charge is 0.346 e. The SMILES string of the molecule is Cc1c(C(=O)NCc2cccs2)sc2ccccc12. The summed E-state index contributed by atoms with van der Waals surface area (Å²) in [6.07, 6.45) is 0. The van der Waals surface area contributed by atoms with Crippen LogP contribution in [0.4, 0.5) is 0 Å². The fraction of sp³-hybridized carbons (Fsp3) is 0.133. The molecule has 0 saturated carbocycles. The first-order valence-electron chi connectivity index (χ1n) is 6.04. The Morgan fingerprint density at radius 2 is 2.05 bits per heavy atom. The van der Waals surface area contributed by atoms with Crippen molar-refractivity contribution in [3.05, 3.63) is 57.1 Å². The zero-order valence-electron chi connectivity index (χ0n) is 10.5. The van der Waals surface area contributed by atoms with Gasteiger partial charge >= 0.3 is 0 Å². The zero-order valence-corrected chi connectivity index (χ0v) is 12.1. The van der Waals surface area contributed by atoms with Crippen LogP contribution in [0.5, 0.6) is 0 Å². The Kier molecular flexibility index (Phi) is 3.36. The van der Waals surface area contributed by atoms with Crippen LogP contribution in [0.2, 0.25) is 0 Å². The maximum absolute atomic E-state index is 12.2. The molecule has 3 aromatic rings. The van der Waals surface area contributed by atoms with E-state index in [9.17, 15) is 4.79 Å². The molecule has 2 nitrogen and oxygen atoms in total. The first-order chi connectivity index (χ1) is 9.25. The molecule has 0 aliphatic carbocycles. The van der Waals surface area contributed by atoms with Crippen molar-refractivity contribution in [2.24, 2.45) is 0 Å². The van der Waals surface area contributed by atoms with E-state index in [1.54, 1.807) is 22.7 Å². The highest BCUT2D eigenvalue weighted by molar-refractivity contribution is 7.21. The predicted octanol–water partition coefficient (Wildman–Crippen LogP) is 4.20. The van der Waals surface area contributed by atoms with Gasteiger partial charge < -0.3 is 5.32 Å². The molecular weight excluding hydrogens is 274 g/mol. The number of aryl methyl sites for hydroxylation is 1. The van der Waals surface area contributed by atoms with Gasteiger partial charge in [0.2, 0.25) is 0 Å². The molecule has 19 heavy (non-hydrogen) atoms. The molecule has 0 bridgehead atoms. The van der Waals surface area contributed by atoms with Crippen LogP contribution in [-0.4, -0.2) is 5.91 Å². The highest BCUT2D eigenvalue weighted by Gasteiger charge is 2.14. The molecule has 2 aromatic heterocycles. The standard InChI is InChI=1S/C15H13NOS2/c1-10-12-6-2-3-7-13(12)19-14(10)15(17)16-9-11-5-4-8-18-11/h2-8H,9H2,1H3,(H,16,17). The van der Waals surface area contributed by atoms with E-state index >= 15 is 0 Å². The van der Waals surface area contributed by atoms with Gasteiger partial charge in [0.15, 0.2) is 0 Å². The average molecular weight is 287 g/mol. The second-order valence-corrected chi connectivity index (χ2v) is 6.40. The van der Waals surface area contributed by atoms with Crippen molar-refractivity contribution in [3.63, 3.8) is 0 Å². The molecule has 0 saturated heterocycles. The molecule has 4 heteroatoms. The van der Waals surface area contributed by atoms with Crippen LogP contribution in [-0.2, 0) is 6.54 Å². The van der Waals surface area contributed by atoms with Crippen molar-refractivity contribution in [3.8, 4) is 0 Å². The van der Waals surface area contributed by atoms with Crippen LogP contribution >= 0.6 is 22.7 Å². The number of rotatable bonds is 3. The molecule has 0 unspecified atom stereocenters. The van der Waals surface area contributed by atoms with Gasteiger partial charge in [0.1, 0.15) is 0 Å². The lowest BCUT2D eigenvalue weighted by atomic mass is 10.1. The van der Waals surface area contributed by atoms with Crippen molar-refractivity contribution in [2.75, 3.05) is 0 Å². The monoisotopic (exact) mass is 287 g/mol. The Morgan fingerprint density at radius 3 is 2.79 bits per heavy atom. The molecule has 0 aliphatic rings. The van der Waals surface area contributed by atoms with Gasteiger partial charge in [0.05, 0.1) is 11.4 Å². The third kappa shape index (κ3) is 2.41. The summed E-state index contributed by atoms with van der Waals surface area (Å²) in [6, 6.07) is 12.2. The van der Waals surface area contributed by atoms with Gasteiger partial charge in [-0.15, -0.1) is 22.7 Å². The van der Waals surface area contributed by atoms with Gasteiger partial charge in [0.25, 0.3) is 5.91 Å². The first-order valence-corrected chi connectivity index (χ1v) is 7.74. The lowest BCUT2D eigenvalue weighted by Gasteiger charge is -2.02. The fourth-order valence-electron chi connectivity index (χ4n) is 2.05. The van der Waals surface area contributed by atoms with E-state index in [-0.39, 0.29) is 5.91 Å². The second kappa shape index (κ2) is 5.15. The fourth-order valence-corrected chi connectivity index (χ4v) is 3.82. The number of hydrogen-bond acceptors (Lipinski definition) is 3. The van der Waals surface area contributed by atoms with Crippen LogP contribution < -0.4 is 5.32 Å². The molecule has 1 aromatic carbocycles. The van der Waals surface area contributed by atoms with E-state index in [2.05, 4.69) is 17.4 Å². The first kappa shape index (κ1) is 12.4. The van der Waals surface area contributed by atoms with Crippen molar-refractivity contribution >= 4 is 38.7 Å². The highest BCUT2D eigenvalue weighted by atomic mass is 32.1. The Bertz CT molecular complexity index is 713. The minimum Gasteiger partial charge on any atom is -0.346 e. The third-order valence-electron chi connectivity index (χ3n) is 3.05. The smallest absolute Gasteiger partial charge is 0.261 e. The molecule has 0 atom stereocenters. The van der Waals surface area contributed by atoms with Gasteiger partial charge in [-0.2, -0.15) is 0 Å². The predicted molar refractivity (Wildman–Crippen MR) is 82.1 cm³/mol. The molecular formula is C15H13NOS2. The number of thiophene rings is 2. The van der Waals surface area contributed by atoms with Gasteiger partial charge in [-0.3, -0.25) is 4.79 Å². The van der Waals surface area contributed by atoms with E-state index in [0.29, 0.717) is 6.54 Å². The topological polar surface area (TPSA) is 29.1 Å². The third-order valence-corrected chi connectivity index (χ3v) is 5.20. The summed E-state index contributed by atoms with van der Waals surface area (Å²) in [4.78, 5) is 14.2. The number of benzene rings is 1. The van der Waals surface area contributed by atoms with Crippen molar-refractivity contribution in [2.45, 2.75) is 13.5 Å². The molecule has 96 valence electrons. The maximum atomic E-state index is 12.2. The number of carbonyl (C=O) groups is 1. The zero-order chi connectivity index (χ0) is 13.2. The second-order valence-electron chi connectivity index (χ2n) is 4.31. The summed E-state index contributed by atoms with van der Waals surface area (Å²) in [6.45, 7) is 2.61. The lowest BCUT2D eigenvalue weighted by Crippen LogP contribution is -2.21. The van der Waals surface area contributed by atoms with Crippen LogP contribution in [0.1, 0.15) is 20.1 Å². The Labute approximate surface area is 119 Å². The number of carbonyl (C=O) groups excluding carboxylic acids is 1. The highest BCUT2D eigenvalue weighted by Crippen LogP contribution is 2.30. The van der Waals surface area contributed by atoms with Crippen LogP contribution in [0.15, 0.2) is 41.8 Å². The van der Waals surface area contributed by atoms with E-state index in [0.717, 1.165) is 10.4 Å². The lowest BCUT2D eigenvalue weighted by molar-refractivity contribution is 0.0955. The van der Waals surface area contributed by atoms with Crippen molar-refractivity contribution in [1.82, 2.24) is 5.32 Å². The van der Waals surface area contributed by atoms with Crippen LogP contribution in [0, 0.1) is 6.92 Å². The summed E-state index contributed by atoms with van der Waals surface area (Å²) in [5, 5.41) is 6.18. The minimum atomic E-state index is 0.0205. The van der Waals surface area contributed by atoms with Gasteiger partial charge in [0, 0.05) is 9.58 Å². The number of fused-ring (bicyclic) bond motifs is 1. The minimum absolute atomic E-state index is 0.0205. The summed E-state index contributed by atoms with van der Waals surface area (Å²) in [5.41, 5.74) is 1.07. The summed E-state index contributed by atoms with van der Waals surface area (Å²) < 4.78 is 1.17. The quantitative estimate of drug-likeness (QED) is 0.768. The summed E-state index contributed by atoms with van der Waals surface area (Å²) >= 11 is 3.22. The summed E-state index contributed by atoms with van der Waals surface area (Å²) in [7, 11) is 0. The molecule has 2 heterocycles. The summed E-state index contributed by atoms with van der Waals surface area (Å²) in [5.74, 6) is 0.0205. The van der Waals surface area contributed by atoms with Crippen molar-refractivity contribution < 1.29 is 4.79 Å². The maximum Gasteiger partial charge on any atom is 0.261 e. The number of nitrogens with one attached hydrogen (secondary N) is 1. The van der Waals surface area contributed by atoms with Gasteiger partial charge in [-0.1, -0.05) is 24.3 Å². The molecule has 3 rings (SSSR count). The molecule has 0 fully saturated rings. The normalized spacial score (nSPS) is 10.8. The van der Waals surface area contributed by atoms with E-state index in [1.165, 1.54) is 15.0 Å². The Morgan fingerprint density at radius 1 is 1.21 bits per heavy atom. The molecule has 0 spiro atoms. The van der Waals surface area contributed by atoms with E-state index in [4.69, 9.17) is 0 Å². The molecule has 0 radical (unpaired) electrons. The van der Waals surface area contributed by atoms with E-state index < -0.39 is 0 Å². The van der Waals surface area contributed by atoms with Gasteiger partial charge in [-0.05, 0) is 35.4 Å². The van der Waals surface area contributed by atoms with E-state index in [1.807, 2.05) is 36.6 Å².